The molecule has 0 spiro atoms. The maximum Gasteiger partial charge on any atom is 0.133 e. The second-order valence-corrected chi connectivity index (χ2v) is 12.0. The van der Waals surface area contributed by atoms with E-state index in [-0.39, 0.29) is 0 Å². The molecule has 0 aromatic heterocycles. The number of hydrogen-bond acceptors (Lipinski definition) is 1. The molecule has 4 aliphatic carbocycles. The average Bonchev–Trinajstić information content (AvgIpc) is 2.99. The van der Waals surface area contributed by atoms with Gasteiger partial charge in [-0.1, -0.05) is 32.4 Å². The van der Waals surface area contributed by atoms with Crippen molar-refractivity contribution in [1.82, 2.24) is 0 Å². The molecule has 0 aromatic carbocycles. The van der Waals surface area contributed by atoms with E-state index in [4.69, 9.17) is 0 Å². The third kappa shape index (κ3) is 3.33. The van der Waals surface area contributed by atoms with Gasteiger partial charge in [0.15, 0.2) is 0 Å². The van der Waals surface area contributed by atoms with Crippen molar-refractivity contribution < 1.29 is 4.79 Å². The van der Waals surface area contributed by atoms with Crippen LogP contribution in [0.15, 0.2) is 11.6 Å². The summed E-state index contributed by atoms with van der Waals surface area (Å²) < 4.78 is 0. The topological polar surface area (TPSA) is 17.1 Å². The van der Waals surface area contributed by atoms with Gasteiger partial charge in [-0.25, -0.2) is 0 Å². The van der Waals surface area contributed by atoms with Crippen molar-refractivity contribution in [3.05, 3.63) is 11.6 Å². The van der Waals surface area contributed by atoms with Crippen LogP contribution in [0.5, 0.6) is 0 Å². The molecule has 1 nitrogen and oxygen atoms in total. The van der Waals surface area contributed by atoms with Crippen LogP contribution in [0.3, 0.4) is 0 Å². The standard InChI is InChI=1S/C27H44O/c1-18(2)7-6-8-19(3)23-11-12-24-22-10-9-20-17-21(28)13-15-26(20,4)25(22)14-16-27(23,24)5/h7,19-20,22-25H,6,8-17H2,1-5H3/t19-,20-,22+,23-,24+,25+,26+,27-/m1/s1. The molecule has 0 aromatic rings. The summed E-state index contributed by atoms with van der Waals surface area (Å²) in [6.45, 7) is 12.3. The van der Waals surface area contributed by atoms with Gasteiger partial charge < -0.3 is 0 Å². The van der Waals surface area contributed by atoms with E-state index < -0.39 is 0 Å². The van der Waals surface area contributed by atoms with Crippen LogP contribution in [-0.2, 0) is 4.79 Å². The molecule has 0 saturated heterocycles. The number of hydrogen-bond donors (Lipinski definition) is 0. The van der Waals surface area contributed by atoms with Gasteiger partial charge in [0, 0.05) is 12.8 Å². The van der Waals surface area contributed by atoms with Crippen molar-refractivity contribution in [2.24, 2.45) is 46.3 Å². The third-order valence-corrected chi connectivity index (χ3v) is 10.4. The fourth-order valence-corrected chi connectivity index (χ4v) is 8.86. The van der Waals surface area contributed by atoms with Crippen molar-refractivity contribution in [3.63, 3.8) is 0 Å². The van der Waals surface area contributed by atoms with E-state index in [2.05, 4.69) is 40.7 Å². The van der Waals surface area contributed by atoms with Crippen molar-refractivity contribution >= 4 is 5.78 Å². The molecule has 0 bridgehead atoms. The van der Waals surface area contributed by atoms with Gasteiger partial charge in [0.2, 0.25) is 0 Å². The molecule has 0 aliphatic heterocycles. The Morgan fingerprint density at radius 2 is 1.79 bits per heavy atom. The summed E-state index contributed by atoms with van der Waals surface area (Å²) in [6, 6.07) is 0. The predicted molar refractivity (Wildman–Crippen MR) is 118 cm³/mol. The van der Waals surface area contributed by atoms with Gasteiger partial charge in [-0.2, -0.15) is 0 Å². The highest BCUT2D eigenvalue weighted by molar-refractivity contribution is 5.79. The molecule has 0 unspecified atom stereocenters. The van der Waals surface area contributed by atoms with E-state index in [0.717, 1.165) is 42.4 Å². The average molecular weight is 385 g/mol. The number of rotatable bonds is 4. The summed E-state index contributed by atoms with van der Waals surface area (Å²) >= 11 is 0. The lowest BCUT2D eigenvalue weighted by Gasteiger charge is -2.60. The van der Waals surface area contributed by atoms with Crippen LogP contribution in [0.1, 0.15) is 105 Å². The Morgan fingerprint density at radius 3 is 2.54 bits per heavy atom. The molecule has 0 heterocycles. The van der Waals surface area contributed by atoms with Gasteiger partial charge in [0.05, 0.1) is 0 Å². The fourth-order valence-electron chi connectivity index (χ4n) is 8.86. The molecule has 8 atom stereocenters. The van der Waals surface area contributed by atoms with E-state index >= 15 is 0 Å². The highest BCUT2D eigenvalue weighted by Gasteiger charge is 2.60. The van der Waals surface area contributed by atoms with Gasteiger partial charge >= 0.3 is 0 Å². The zero-order valence-corrected chi connectivity index (χ0v) is 19.2. The summed E-state index contributed by atoms with van der Waals surface area (Å²) in [6.07, 6.45) is 16.6. The Hall–Kier alpha value is -0.590. The van der Waals surface area contributed by atoms with Gasteiger partial charge in [-0.3, -0.25) is 4.79 Å². The Bertz CT molecular complexity index is 628. The predicted octanol–water partition coefficient (Wildman–Crippen LogP) is 7.60. The smallest absolute Gasteiger partial charge is 0.133 e. The number of Topliss-reactive ketones (excluding diaryl/α,β-unsaturated/α-hetero) is 1. The summed E-state index contributed by atoms with van der Waals surface area (Å²) in [5.74, 6) is 5.84. The minimum Gasteiger partial charge on any atom is -0.300 e. The zero-order chi connectivity index (χ0) is 20.1. The van der Waals surface area contributed by atoms with Crippen molar-refractivity contribution in [2.45, 2.75) is 105 Å². The fraction of sp³-hybridized carbons (Fsp3) is 0.889. The molecular weight excluding hydrogens is 340 g/mol. The first-order valence-corrected chi connectivity index (χ1v) is 12.4. The van der Waals surface area contributed by atoms with Crippen LogP contribution in [0.2, 0.25) is 0 Å². The van der Waals surface area contributed by atoms with E-state index in [1.165, 1.54) is 63.4 Å². The quantitative estimate of drug-likeness (QED) is 0.456. The monoisotopic (exact) mass is 384 g/mol. The van der Waals surface area contributed by atoms with Crippen molar-refractivity contribution in [2.75, 3.05) is 0 Å². The summed E-state index contributed by atoms with van der Waals surface area (Å²) in [5, 5.41) is 0. The molecule has 1 heteroatoms. The van der Waals surface area contributed by atoms with E-state index in [0.29, 0.717) is 22.5 Å². The molecule has 4 aliphatic rings. The minimum atomic E-state index is 0.464. The lowest BCUT2D eigenvalue weighted by Crippen LogP contribution is -2.53. The summed E-state index contributed by atoms with van der Waals surface area (Å²) in [5.41, 5.74) is 2.52. The first-order chi connectivity index (χ1) is 13.3. The third-order valence-electron chi connectivity index (χ3n) is 10.4. The van der Waals surface area contributed by atoms with E-state index in [1.54, 1.807) is 0 Å². The van der Waals surface area contributed by atoms with Crippen LogP contribution in [-0.4, -0.2) is 5.78 Å². The van der Waals surface area contributed by atoms with E-state index in [9.17, 15) is 4.79 Å². The maximum absolute atomic E-state index is 12.1. The lowest BCUT2D eigenvalue weighted by atomic mass is 9.44. The second-order valence-electron chi connectivity index (χ2n) is 12.0. The molecule has 4 fully saturated rings. The number of allylic oxidation sites excluding steroid dienone is 2. The number of fused-ring (bicyclic) bond motifs is 5. The Balaban J connectivity index is 1.49. The van der Waals surface area contributed by atoms with Crippen LogP contribution in [0, 0.1) is 46.3 Å². The zero-order valence-electron chi connectivity index (χ0n) is 19.2. The van der Waals surface area contributed by atoms with E-state index in [1.807, 2.05) is 0 Å². The van der Waals surface area contributed by atoms with Gasteiger partial charge in [-0.15, -0.1) is 0 Å². The molecule has 0 radical (unpaired) electrons. The second kappa shape index (κ2) is 7.59. The highest BCUT2D eigenvalue weighted by Crippen LogP contribution is 2.68. The minimum absolute atomic E-state index is 0.464. The molecule has 0 amide bonds. The van der Waals surface area contributed by atoms with Crippen molar-refractivity contribution in [3.8, 4) is 0 Å². The molecule has 4 saturated carbocycles. The SMILES string of the molecule is CC(C)=CCC[C@@H](C)[C@H]1CC[C@H]2[C@@H]3CC[C@@H]4CC(=O)CC[C@]4(C)[C@H]3CC[C@]12C. The molecule has 28 heavy (non-hydrogen) atoms. The van der Waals surface area contributed by atoms with Crippen LogP contribution >= 0.6 is 0 Å². The first-order valence-electron chi connectivity index (χ1n) is 12.4. The number of carbonyl (C=O) groups excluding carboxylic acids is 1. The molecular formula is C27H44O. The first kappa shape index (κ1) is 20.7. The molecule has 158 valence electrons. The van der Waals surface area contributed by atoms with Gasteiger partial charge in [-0.05, 0) is 118 Å². The van der Waals surface area contributed by atoms with Crippen LogP contribution in [0.4, 0.5) is 0 Å². The highest BCUT2D eigenvalue weighted by atomic mass is 16.1. The van der Waals surface area contributed by atoms with Gasteiger partial charge in [0.1, 0.15) is 5.78 Å². The molecule has 0 N–H and O–H groups in total. The summed E-state index contributed by atoms with van der Waals surface area (Å²) in [4.78, 5) is 12.1. The lowest BCUT2D eigenvalue weighted by molar-refractivity contribution is -0.140. The van der Waals surface area contributed by atoms with Gasteiger partial charge in [0.25, 0.3) is 0 Å². The Kier molecular flexibility index (Phi) is 5.60. The van der Waals surface area contributed by atoms with Crippen molar-refractivity contribution in [1.29, 1.82) is 0 Å². The number of carbonyl (C=O) groups is 1. The Morgan fingerprint density at radius 1 is 1.04 bits per heavy atom. The van der Waals surface area contributed by atoms with Crippen LogP contribution in [0.25, 0.3) is 0 Å². The normalized spacial score (nSPS) is 46.3. The maximum atomic E-state index is 12.1. The largest absolute Gasteiger partial charge is 0.300 e. The number of ketones is 1. The Labute approximate surface area is 174 Å². The summed E-state index contributed by atoms with van der Waals surface area (Å²) in [7, 11) is 0. The molecule has 4 rings (SSSR count). The van der Waals surface area contributed by atoms with Crippen LogP contribution < -0.4 is 0 Å².